The van der Waals surface area contributed by atoms with Gasteiger partial charge in [0.25, 0.3) is 0 Å². The molecule has 0 aliphatic heterocycles. The summed E-state index contributed by atoms with van der Waals surface area (Å²) in [6.07, 6.45) is 0.114. The van der Waals surface area contributed by atoms with Gasteiger partial charge in [0.1, 0.15) is 5.75 Å². The molecule has 0 radical (unpaired) electrons. The second kappa shape index (κ2) is 7.73. The molecule has 0 aliphatic rings. The predicted octanol–water partition coefficient (Wildman–Crippen LogP) is 1.82. The molecular formula is C16H22N4O3. The molecule has 1 N–H and O–H groups in total. The van der Waals surface area contributed by atoms with Crippen molar-refractivity contribution >= 4 is 5.91 Å². The zero-order valence-electron chi connectivity index (χ0n) is 13.9. The Bertz CT molecular complexity index is 635. The van der Waals surface area contributed by atoms with Crippen molar-refractivity contribution in [1.82, 2.24) is 20.4 Å². The van der Waals surface area contributed by atoms with Crippen LogP contribution in [0.3, 0.4) is 0 Å². The number of ether oxygens (including phenoxy) is 1. The third-order valence-electron chi connectivity index (χ3n) is 2.95. The Balaban J connectivity index is 1.99. The number of likely N-dealkylation sites (N-methyl/N-ethyl adjacent to an activating group) is 1. The van der Waals surface area contributed by atoms with Crippen LogP contribution < -0.4 is 10.1 Å². The number of benzene rings is 1. The van der Waals surface area contributed by atoms with Crippen molar-refractivity contribution < 1.29 is 14.1 Å². The molecule has 0 spiro atoms. The summed E-state index contributed by atoms with van der Waals surface area (Å²) in [5.41, 5.74) is 0.761. The summed E-state index contributed by atoms with van der Waals surface area (Å²) in [6.45, 7) is 5.19. The van der Waals surface area contributed by atoms with Crippen molar-refractivity contribution in [3.8, 4) is 17.1 Å². The molecule has 1 heterocycles. The lowest BCUT2D eigenvalue weighted by molar-refractivity contribution is 0.0907. The van der Waals surface area contributed by atoms with Crippen molar-refractivity contribution in [2.75, 3.05) is 27.2 Å². The van der Waals surface area contributed by atoms with Crippen molar-refractivity contribution in [2.24, 2.45) is 0 Å². The number of amides is 1. The highest BCUT2D eigenvalue weighted by atomic mass is 16.5. The minimum Gasteiger partial charge on any atom is -0.491 e. The van der Waals surface area contributed by atoms with Crippen molar-refractivity contribution in [3.63, 3.8) is 0 Å². The average Bonchev–Trinajstić information content (AvgIpc) is 2.97. The maximum atomic E-state index is 11.9. The molecule has 0 unspecified atom stereocenters. The first kappa shape index (κ1) is 17.0. The van der Waals surface area contributed by atoms with Gasteiger partial charge in [-0.3, -0.25) is 4.79 Å². The fourth-order valence-corrected chi connectivity index (χ4v) is 1.86. The summed E-state index contributed by atoms with van der Waals surface area (Å²) >= 11 is 0. The smallest absolute Gasteiger partial charge is 0.316 e. The minimum atomic E-state index is -0.370. The molecule has 0 atom stereocenters. The summed E-state index contributed by atoms with van der Waals surface area (Å²) in [7, 11) is 3.87. The SMILES string of the molecule is CC(C)Oc1ccc(-c2noc(C(=O)NCCN(C)C)n2)cc1. The largest absolute Gasteiger partial charge is 0.491 e. The normalized spacial score (nSPS) is 11.0. The molecule has 0 fully saturated rings. The van der Waals surface area contributed by atoms with Gasteiger partial charge < -0.3 is 19.5 Å². The Morgan fingerprint density at radius 1 is 1.30 bits per heavy atom. The van der Waals surface area contributed by atoms with Crippen LogP contribution in [0.4, 0.5) is 0 Å². The molecule has 0 saturated heterocycles. The summed E-state index contributed by atoms with van der Waals surface area (Å²) in [5, 5.41) is 6.57. The Morgan fingerprint density at radius 3 is 2.61 bits per heavy atom. The number of hydrogen-bond donors (Lipinski definition) is 1. The van der Waals surface area contributed by atoms with Crippen LogP contribution in [0.5, 0.6) is 5.75 Å². The van der Waals surface area contributed by atoms with E-state index in [-0.39, 0.29) is 17.9 Å². The molecule has 2 rings (SSSR count). The van der Waals surface area contributed by atoms with Gasteiger partial charge >= 0.3 is 11.8 Å². The molecule has 7 nitrogen and oxygen atoms in total. The maximum absolute atomic E-state index is 11.9. The van der Waals surface area contributed by atoms with Crippen LogP contribution in [0, 0.1) is 0 Å². The van der Waals surface area contributed by atoms with Gasteiger partial charge in [0.15, 0.2) is 0 Å². The van der Waals surface area contributed by atoms with Crippen molar-refractivity contribution in [1.29, 1.82) is 0 Å². The Morgan fingerprint density at radius 2 is 2.00 bits per heavy atom. The minimum absolute atomic E-state index is 0.0405. The number of hydrogen-bond acceptors (Lipinski definition) is 6. The summed E-state index contributed by atoms with van der Waals surface area (Å²) in [5.74, 6) is 0.736. The summed E-state index contributed by atoms with van der Waals surface area (Å²) < 4.78 is 10.6. The lowest BCUT2D eigenvalue weighted by Crippen LogP contribution is -2.31. The van der Waals surface area contributed by atoms with Crippen LogP contribution in [0.25, 0.3) is 11.4 Å². The highest BCUT2D eigenvalue weighted by Gasteiger charge is 2.15. The molecule has 124 valence electrons. The Hall–Kier alpha value is -2.41. The number of aromatic nitrogens is 2. The zero-order valence-corrected chi connectivity index (χ0v) is 13.9. The zero-order chi connectivity index (χ0) is 16.8. The lowest BCUT2D eigenvalue weighted by Gasteiger charge is -2.09. The second-order valence-electron chi connectivity index (χ2n) is 5.67. The number of nitrogens with zero attached hydrogens (tertiary/aromatic N) is 3. The van der Waals surface area contributed by atoms with Gasteiger partial charge in [0.2, 0.25) is 5.82 Å². The first-order chi connectivity index (χ1) is 11.0. The van der Waals surface area contributed by atoms with Crippen LogP contribution in [-0.2, 0) is 0 Å². The van der Waals surface area contributed by atoms with E-state index in [0.29, 0.717) is 12.4 Å². The van der Waals surface area contributed by atoms with E-state index in [2.05, 4.69) is 15.5 Å². The van der Waals surface area contributed by atoms with Gasteiger partial charge in [0, 0.05) is 18.7 Å². The molecule has 23 heavy (non-hydrogen) atoms. The standard InChI is InChI=1S/C16H22N4O3/c1-11(2)22-13-7-5-12(6-8-13)14-18-16(23-19-14)15(21)17-9-10-20(3)4/h5-8,11H,9-10H2,1-4H3,(H,17,21). The van der Waals surface area contributed by atoms with E-state index in [1.54, 1.807) is 0 Å². The Kier molecular flexibility index (Phi) is 5.70. The maximum Gasteiger partial charge on any atom is 0.316 e. The van der Waals surface area contributed by atoms with E-state index in [9.17, 15) is 4.79 Å². The van der Waals surface area contributed by atoms with E-state index >= 15 is 0 Å². The second-order valence-corrected chi connectivity index (χ2v) is 5.67. The van der Waals surface area contributed by atoms with Crippen LogP contribution in [0.15, 0.2) is 28.8 Å². The fraction of sp³-hybridized carbons (Fsp3) is 0.438. The fourth-order valence-electron chi connectivity index (χ4n) is 1.86. The summed E-state index contributed by atoms with van der Waals surface area (Å²) in [4.78, 5) is 18.0. The molecule has 1 aromatic heterocycles. The van der Waals surface area contributed by atoms with Crippen molar-refractivity contribution in [3.05, 3.63) is 30.2 Å². The molecule has 0 bridgehead atoms. The number of carbonyl (C=O) groups is 1. The van der Waals surface area contributed by atoms with Gasteiger partial charge in [-0.2, -0.15) is 4.98 Å². The molecule has 7 heteroatoms. The predicted molar refractivity (Wildman–Crippen MR) is 86.4 cm³/mol. The first-order valence-corrected chi connectivity index (χ1v) is 7.49. The van der Waals surface area contributed by atoms with Gasteiger partial charge in [-0.05, 0) is 52.2 Å². The Labute approximate surface area is 135 Å². The third-order valence-corrected chi connectivity index (χ3v) is 2.95. The van der Waals surface area contributed by atoms with Crippen LogP contribution in [0.2, 0.25) is 0 Å². The van der Waals surface area contributed by atoms with E-state index in [0.717, 1.165) is 17.9 Å². The van der Waals surface area contributed by atoms with E-state index in [4.69, 9.17) is 9.26 Å². The first-order valence-electron chi connectivity index (χ1n) is 7.49. The topological polar surface area (TPSA) is 80.5 Å². The average molecular weight is 318 g/mol. The third kappa shape index (κ3) is 5.07. The quantitative estimate of drug-likeness (QED) is 0.838. The van der Waals surface area contributed by atoms with E-state index in [1.165, 1.54) is 0 Å². The highest BCUT2D eigenvalue weighted by molar-refractivity contribution is 5.89. The van der Waals surface area contributed by atoms with Crippen molar-refractivity contribution in [2.45, 2.75) is 20.0 Å². The number of carbonyl (C=O) groups excluding carboxylic acids is 1. The molecular weight excluding hydrogens is 296 g/mol. The molecule has 2 aromatic rings. The summed E-state index contributed by atoms with van der Waals surface area (Å²) in [6, 6.07) is 7.33. The molecule has 0 aliphatic carbocycles. The van der Waals surface area contributed by atoms with Gasteiger partial charge in [-0.25, -0.2) is 0 Å². The monoisotopic (exact) mass is 318 g/mol. The van der Waals surface area contributed by atoms with Crippen LogP contribution >= 0.6 is 0 Å². The van der Waals surface area contributed by atoms with E-state index in [1.807, 2.05) is 57.1 Å². The van der Waals surface area contributed by atoms with E-state index < -0.39 is 0 Å². The van der Waals surface area contributed by atoms with Gasteiger partial charge in [0.05, 0.1) is 6.10 Å². The molecule has 1 aromatic carbocycles. The van der Waals surface area contributed by atoms with Crippen LogP contribution in [0.1, 0.15) is 24.5 Å². The highest BCUT2D eigenvalue weighted by Crippen LogP contribution is 2.20. The lowest BCUT2D eigenvalue weighted by atomic mass is 10.2. The van der Waals surface area contributed by atoms with Gasteiger partial charge in [-0.15, -0.1) is 0 Å². The molecule has 1 amide bonds. The number of nitrogens with one attached hydrogen (secondary N) is 1. The number of rotatable bonds is 7. The van der Waals surface area contributed by atoms with Gasteiger partial charge in [-0.1, -0.05) is 5.16 Å². The molecule has 0 saturated carbocycles. The van der Waals surface area contributed by atoms with Crippen LogP contribution in [-0.4, -0.2) is 54.2 Å².